The zero-order chi connectivity index (χ0) is 18.4. The second-order valence-electron chi connectivity index (χ2n) is 5.97. The molecule has 0 aliphatic carbocycles. The molecule has 1 N–H and O–H groups in total. The number of amides is 1. The first-order valence-corrected chi connectivity index (χ1v) is 8.23. The Bertz CT molecular complexity index is 830. The first-order chi connectivity index (χ1) is 11.9. The number of aromatic nitrogens is 2. The predicted octanol–water partition coefficient (Wildman–Crippen LogP) is 3.19. The van der Waals surface area contributed by atoms with Crippen molar-refractivity contribution < 1.29 is 9.59 Å². The quantitative estimate of drug-likeness (QED) is 0.785. The Hall–Kier alpha value is -2.94. The van der Waals surface area contributed by atoms with E-state index in [1.807, 2.05) is 18.5 Å². The highest BCUT2D eigenvalue weighted by atomic mass is 16.1. The zero-order valence-electron chi connectivity index (χ0n) is 14.8. The van der Waals surface area contributed by atoms with Crippen LogP contribution in [0, 0.1) is 25.2 Å². The third-order valence-electron chi connectivity index (χ3n) is 4.12. The molecule has 0 aliphatic rings. The van der Waals surface area contributed by atoms with E-state index in [2.05, 4.69) is 16.5 Å². The van der Waals surface area contributed by atoms with Crippen molar-refractivity contribution in [1.29, 1.82) is 5.26 Å². The van der Waals surface area contributed by atoms with E-state index in [1.165, 1.54) is 6.92 Å². The number of hydrogen-bond acceptors (Lipinski definition) is 4. The summed E-state index contributed by atoms with van der Waals surface area (Å²) in [5.74, 6) is -0.142. The maximum Gasteiger partial charge on any atom is 0.224 e. The normalized spacial score (nSPS) is 10.3. The molecule has 130 valence electrons. The van der Waals surface area contributed by atoms with Gasteiger partial charge in [-0.15, -0.1) is 0 Å². The van der Waals surface area contributed by atoms with Gasteiger partial charge < -0.3 is 5.32 Å². The van der Waals surface area contributed by atoms with Gasteiger partial charge in [-0.25, -0.2) is 0 Å². The summed E-state index contributed by atoms with van der Waals surface area (Å²) >= 11 is 0. The fourth-order valence-corrected chi connectivity index (χ4v) is 2.75. The van der Waals surface area contributed by atoms with Gasteiger partial charge in [-0.05, 0) is 44.9 Å². The van der Waals surface area contributed by atoms with Crippen LogP contribution >= 0.6 is 0 Å². The van der Waals surface area contributed by atoms with Crippen molar-refractivity contribution in [2.75, 3.05) is 5.32 Å². The van der Waals surface area contributed by atoms with Crippen molar-refractivity contribution in [3.8, 4) is 6.07 Å². The second-order valence-corrected chi connectivity index (χ2v) is 5.97. The molecular weight excluding hydrogens is 316 g/mol. The van der Waals surface area contributed by atoms with Crippen LogP contribution in [0.5, 0.6) is 0 Å². The molecule has 0 bridgehead atoms. The average Bonchev–Trinajstić information content (AvgIpc) is 2.85. The Morgan fingerprint density at radius 1 is 1.32 bits per heavy atom. The van der Waals surface area contributed by atoms with Gasteiger partial charge in [-0.1, -0.05) is 12.1 Å². The van der Waals surface area contributed by atoms with Crippen LogP contribution in [0.25, 0.3) is 0 Å². The number of aryl methyl sites for hydroxylation is 2. The maximum atomic E-state index is 12.2. The minimum atomic E-state index is -0.107. The van der Waals surface area contributed by atoms with Crippen molar-refractivity contribution in [3.63, 3.8) is 0 Å². The molecule has 6 nitrogen and oxygen atoms in total. The Labute approximate surface area is 147 Å². The van der Waals surface area contributed by atoms with Gasteiger partial charge in [-0.3, -0.25) is 14.3 Å². The lowest BCUT2D eigenvalue weighted by Gasteiger charge is -2.07. The number of ketones is 1. The predicted molar refractivity (Wildman–Crippen MR) is 95.3 cm³/mol. The minimum absolute atomic E-state index is 0.0351. The van der Waals surface area contributed by atoms with Gasteiger partial charge in [0.2, 0.25) is 5.91 Å². The van der Waals surface area contributed by atoms with Gasteiger partial charge in [0, 0.05) is 23.4 Å². The molecule has 0 aliphatic heterocycles. The number of hydrogen-bond donors (Lipinski definition) is 1. The zero-order valence-corrected chi connectivity index (χ0v) is 14.8. The highest BCUT2D eigenvalue weighted by molar-refractivity contribution is 5.97. The number of nitrogens with one attached hydrogen (secondary N) is 1. The van der Waals surface area contributed by atoms with Crippen LogP contribution in [0.3, 0.4) is 0 Å². The summed E-state index contributed by atoms with van der Waals surface area (Å²) in [5.41, 5.74) is 4.13. The summed E-state index contributed by atoms with van der Waals surface area (Å²) in [6, 6.07) is 9.03. The van der Waals surface area contributed by atoms with Crippen molar-refractivity contribution in [2.24, 2.45) is 0 Å². The number of rotatable bonds is 7. The standard InChI is InChI=1S/C19H22N4O2/c1-13-18(14(2)23(22-13)11-5-10-20)8-9-19(25)21-17-7-4-6-16(12-17)15(3)24/h4,6-7,12H,5,8-9,11H2,1-3H3,(H,21,25). The molecular formula is C19H22N4O2. The molecule has 1 aromatic carbocycles. The van der Waals surface area contributed by atoms with Gasteiger partial charge in [0.1, 0.15) is 0 Å². The van der Waals surface area contributed by atoms with Crippen molar-refractivity contribution in [3.05, 3.63) is 46.8 Å². The first kappa shape index (κ1) is 18.4. The van der Waals surface area contributed by atoms with E-state index in [-0.39, 0.29) is 11.7 Å². The lowest BCUT2D eigenvalue weighted by Crippen LogP contribution is -2.13. The molecule has 0 saturated carbocycles. The monoisotopic (exact) mass is 338 g/mol. The maximum absolute atomic E-state index is 12.2. The number of anilines is 1. The Balaban J connectivity index is 1.98. The van der Waals surface area contributed by atoms with Crippen LogP contribution in [-0.4, -0.2) is 21.5 Å². The van der Waals surface area contributed by atoms with E-state index < -0.39 is 0 Å². The minimum Gasteiger partial charge on any atom is -0.326 e. The number of benzene rings is 1. The van der Waals surface area contributed by atoms with Crippen molar-refractivity contribution in [2.45, 2.75) is 46.6 Å². The van der Waals surface area contributed by atoms with Crippen LogP contribution < -0.4 is 5.32 Å². The Morgan fingerprint density at radius 3 is 2.76 bits per heavy atom. The molecule has 0 fully saturated rings. The fourth-order valence-electron chi connectivity index (χ4n) is 2.75. The first-order valence-electron chi connectivity index (χ1n) is 8.23. The largest absolute Gasteiger partial charge is 0.326 e. The van der Waals surface area contributed by atoms with Crippen molar-refractivity contribution in [1.82, 2.24) is 9.78 Å². The molecule has 0 spiro atoms. The van der Waals surface area contributed by atoms with Crippen LogP contribution in [0.4, 0.5) is 5.69 Å². The molecule has 25 heavy (non-hydrogen) atoms. The van der Waals surface area contributed by atoms with Crippen LogP contribution in [0.1, 0.15) is 47.1 Å². The molecule has 0 atom stereocenters. The second kappa shape index (κ2) is 8.25. The SMILES string of the molecule is CC(=O)c1cccc(NC(=O)CCc2c(C)nn(CCC#N)c2C)c1. The average molecular weight is 338 g/mol. The number of carbonyl (C=O) groups is 2. The highest BCUT2D eigenvalue weighted by Gasteiger charge is 2.13. The van der Waals surface area contributed by atoms with Gasteiger partial charge in [0.05, 0.1) is 24.7 Å². The van der Waals surface area contributed by atoms with Crippen molar-refractivity contribution >= 4 is 17.4 Å². The highest BCUT2D eigenvalue weighted by Crippen LogP contribution is 2.17. The Morgan fingerprint density at radius 2 is 2.08 bits per heavy atom. The van der Waals surface area contributed by atoms with Crippen LogP contribution in [0.15, 0.2) is 24.3 Å². The van der Waals surface area contributed by atoms with Crippen LogP contribution in [-0.2, 0) is 17.8 Å². The topological polar surface area (TPSA) is 87.8 Å². The molecule has 2 aromatic rings. The lowest BCUT2D eigenvalue weighted by atomic mass is 10.1. The Kier molecular flexibility index (Phi) is 6.07. The lowest BCUT2D eigenvalue weighted by molar-refractivity contribution is -0.116. The fraction of sp³-hybridized carbons (Fsp3) is 0.368. The number of carbonyl (C=O) groups excluding carboxylic acids is 2. The number of Topliss-reactive ketones (excluding diaryl/α,β-unsaturated/α-hetero) is 1. The summed E-state index contributed by atoms with van der Waals surface area (Å²) in [5, 5.41) is 16.0. The molecule has 0 radical (unpaired) electrons. The summed E-state index contributed by atoms with van der Waals surface area (Å²) in [6.45, 7) is 5.93. The van der Waals surface area contributed by atoms with Crippen LogP contribution in [0.2, 0.25) is 0 Å². The summed E-state index contributed by atoms with van der Waals surface area (Å²) in [6.07, 6.45) is 1.33. The van der Waals surface area contributed by atoms with Gasteiger partial charge in [-0.2, -0.15) is 10.4 Å². The van der Waals surface area contributed by atoms with Gasteiger partial charge in [0.25, 0.3) is 0 Å². The number of nitriles is 1. The molecule has 0 unspecified atom stereocenters. The third kappa shape index (κ3) is 4.77. The molecule has 1 amide bonds. The molecule has 1 aromatic heterocycles. The molecule has 2 rings (SSSR count). The smallest absolute Gasteiger partial charge is 0.224 e. The van der Waals surface area contributed by atoms with E-state index in [1.54, 1.807) is 24.3 Å². The molecule has 1 heterocycles. The summed E-state index contributed by atoms with van der Waals surface area (Å²) < 4.78 is 1.82. The summed E-state index contributed by atoms with van der Waals surface area (Å²) in [7, 11) is 0. The van der Waals surface area contributed by atoms with E-state index in [0.29, 0.717) is 37.1 Å². The molecule has 0 saturated heterocycles. The summed E-state index contributed by atoms with van der Waals surface area (Å²) in [4.78, 5) is 23.6. The van der Waals surface area contributed by atoms with E-state index in [0.717, 1.165) is 17.0 Å². The molecule has 6 heteroatoms. The van der Waals surface area contributed by atoms with E-state index in [4.69, 9.17) is 5.26 Å². The van der Waals surface area contributed by atoms with E-state index in [9.17, 15) is 9.59 Å². The van der Waals surface area contributed by atoms with Gasteiger partial charge >= 0.3 is 0 Å². The third-order valence-corrected chi connectivity index (χ3v) is 4.12. The van der Waals surface area contributed by atoms with Gasteiger partial charge in [0.15, 0.2) is 5.78 Å². The number of nitrogens with zero attached hydrogens (tertiary/aromatic N) is 3. The van der Waals surface area contributed by atoms with E-state index >= 15 is 0 Å².